The minimum atomic E-state index is 0.0344. The van der Waals surface area contributed by atoms with Crippen molar-refractivity contribution in [3.8, 4) is 0 Å². The topological polar surface area (TPSA) is 32.7 Å². The largest absolute Gasteiger partial charge is 0.348 e. The summed E-state index contributed by atoms with van der Waals surface area (Å²) in [5.41, 5.74) is 0. The van der Waals surface area contributed by atoms with Crippen molar-refractivity contribution < 1.29 is 4.79 Å². The molecule has 0 spiro atoms. The highest BCUT2D eigenvalue weighted by Gasteiger charge is 2.29. The van der Waals surface area contributed by atoms with Gasteiger partial charge in [-0.05, 0) is 19.3 Å². The summed E-state index contributed by atoms with van der Waals surface area (Å²) in [5.74, 6) is 0.581. The van der Waals surface area contributed by atoms with E-state index in [0.717, 1.165) is 11.7 Å². The zero-order valence-electron chi connectivity index (χ0n) is 8.53. The first-order valence-corrected chi connectivity index (χ1v) is 6.30. The van der Waals surface area contributed by atoms with E-state index < -0.39 is 0 Å². The third-order valence-corrected chi connectivity index (χ3v) is 3.77. The molecular weight excluding hydrogens is 196 g/mol. The molecule has 1 unspecified atom stereocenters. The standard InChI is InChI=1S/C10H16N2OS/c1-2-4-8-5-3-6-12(8)10-11-9(13)7-14-10/h8H,2-7H2,1H3. The predicted octanol–water partition coefficient (Wildman–Crippen LogP) is 1.88. The summed E-state index contributed by atoms with van der Waals surface area (Å²) in [4.78, 5) is 17.4. The Kier molecular flexibility index (Phi) is 3.11. The van der Waals surface area contributed by atoms with E-state index in [4.69, 9.17) is 0 Å². The van der Waals surface area contributed by atoms with Crippen molar-refractivity contribution in [1.29, 1.82) is 0 Å². The summed E-state index contributed by atoms with van der Waals surface area (Å²) in [7, 11) is 0. The summed E-state index contributed by atoms with van der Waals surface area (Å²) >= 11 is 1.60. The fourth-order valence-electron chi connectivity index (χ4n) is 2.17. The van der Waals surface area contributed by atoms with Crippen molar-refractivity contribution >= 4 is 22.8 Å². The molecule has 0 saturated carbocycles. The molecule has 2 heterocycles. The van der Waals surface area contributed by atoms with E-state index in [1.54, 1.807) is 11.8 Å². The van der Waals surface area contributed by atoms with Crippen LogP contribution >= 0.6 is 11.8 Å². The molecule has 0 aromatic carbocycles. The molecule has 1 atom stereocenters. The van der Waals surface area contributed by atoms with Crippen LogP contribution in [-0.2, 0) is 4.79 Å². The summed E-state index contributed by atoms with van der Waals surface area (Å²) in [6.45, 7) is 3.30. The van der Waals surface area contributed by atoms with Gasteiger partial charge in [0.2, 0.25) is 0 Å². The molecule has 2 aliphatic heterocycles. The lowest BCUT2D eigenvalue weighted by Crippen LogP contribution is -2.32. The van der Waals surface area contributed by atoms with Gasteiger partial charge >= 0.3 is 0 Å². The smallest absolute Gasteiger partial charge is 0.258 e. The van der Waals surface area contributed by atoms with Crippen LogP contribution in [0.4, 0.5) is 0 Å². The fraction of sp³-hybridized carbons (Fsp3) is 0.800. The number of carbonyl (C=O) groups is 1. The number of carbonyl (C=O) groups excluding carboxylic acids is 1. The predicted molar refractivity (Wildman–Crippen MR) is 59.5 cm³/mol. The van der Waals surface area contributed by atoms with Crippen LogP contribution in [0.25, 0.3) is 0 Å². The molecule has 1 saturated heterocycles. The minimum absolute atomic E-state index is 0.0344. The van der Waals surface area contributed by atoms with Crippen LogP contribution in [0.15, 0.2) is 4.99 Å². The molecule has 0 radical (unpaired) electrons. The Labute approximate surface area is 89.0 Å². The second-order valence-electron chi connectivity index (χ2n) is 3.85. The molecule has 0 aromatic rings. The Morgan fingerprint density at radius 1 is 1.64 bits per heavy atom. The quantitative estimate of drug-likeness (QED) is 0.700. The molecule has 3 nitrogen and oxygen atoms in total. The van der Waals surface area contributed by atoms with Crippen LogP contribution in [0.3, 0.4) is 0 Å². The summed E-state index contributed by atoms with van der Waals surface area (Å²) < 4.78 is 0. The molecule has 14 heavy (non-hydrogen) atoms. The maximum absolute atomic E-state index is 11.0. The van der Waals surface area contributed by atoms with Crippen LogP contribution < -0.4 is 0 Å². The van der Waals surface area contributed by atoms with Gasteiger partial charge in [0, 0.05) is 12.6 Å². The van der Waals surface area contributed by atoms with E-state index in [1.165, 1.54) is 25.7 Å². The van der Waals surface area contributed by atoms with Crippen molar-refractivity contribution in [2.45, 2.75) is 38.6 Å². The average Bonchev–Trinajstić information content (AvgIpc) is 2.74. The van der Waals surface area contributed by atoms with Crippen LogP contribution in [0.1, 0.15) is 32.6 Å². The van der Waals surface area contributed by atoms with E-state index in [9.17, 15) is 4.79 Å². The zero-order valence-corrected chi connectivity index (χ0v) is 9.35. The second kappa shape index (κ2) is 4.34. The highest BCUT2D eigenvalue weighted by molar-refractivity contribution is 8.14. The Morgan fingerprint density at radius 2 is 2.50 bits per heavy atom. The normalized spacial score (nSPS) is 27.2. The van der Waals surface area contributed by atoms with Gasteiger partial charge in [-0.15, -0.1) is 0 Å². The summed E-state index contributed by atoms with van der Waals surface area (Å²) in [6.07, 6.45) is 4.96. The first kappa shape index (κ1) is 10.0. The van der Waals surface area contributed by atoms with Gasteiger partial charge in [0.25, 0.3) is 5.91 Å². The van der Waals surface area contributed by atoms with Gasteiger partial charge in [0.15, 0.2) is 5.17 Å². The second-order valence-corrected chi connectivity index (χ2v) is 4.80. The summed E-state index contributed by atoms with van der Waals surface area (Å²) in [6, 6.07) is 0.636. The first-order chi connectivity index (χ1) is 6.81. The highest BCUT2D eigenvalue weighted by Crippen LogP contribution is 2.27. The molecule has 1 amide bonds. The number of aliphatic imine (C=N–C) groups is 1. The molecule has 4 heteroatoms. The van der Waals surface area contributed by atoms with Crippen molar-refractivity contribution in [1.82, 2.24) is 4.90 Å². The van der Waals surface area contributed by atoms with E-state index in [2.05, 4.69) is 16.8 Å². The minimum Gasteiger partial charge on any atom is -0.348 e. The van der Waals surface area contributed by atoms with Gasteiger partial charge in [0.05, 0.1) is 5.75 Å². The molecule has 78 valence electrons. The van der Waals surface area contributed by atoms with Crippen molar-refractivity contribution in [2.24, 2.45) is 4.99 Å². The number of likely N-dealkylation sites (tertiary alicyclic amines) is 1. The molecular formula is C10H16N2OS. The average molecular weight is 212 g/mol. The SMILES string of the molecule is CCCC1CCCN1C1=NC(=O)CS1. The van der Waals surface area contributed by atoms with Gasteiger partial charge < -0.3 is 4.90 Å². The lowest BCUT2D eigenvalue weighted by atomic mass is 10.1. The number of nitrogens with zero attached hydrogens (tertiary/aromatic N) is 2. The summed E-state index contributed by atoms with van der Waals surface area (Å²) in [5, 5.41) is 0.978. The molecule has 1 fully saturated rings. The lowest BCUT2D eigenvalue weighted by molar-refractivity contribution is -0.115. The van der Waals surface area contributed by atoms with Gasteiger partial charge in [-0.1, -0.05) is 25.1 Å². The zero-order chi connectivity index (χ0) is 9.97. The van der Waals surface area contributed by atoms with Crippen LogP contribution in [0, 0.1) is 0 Å². The van der Waals surface area contributed by atoms with Crippen molar-refractivity contribution in [3.63, 3.8) is 0 Å². The van der Waals surface area contributed by atoms with Crippen LogP contribution in [0.2, 0.25) is 0 Å². The Bertz CT molecular complexity index is 265. The number of hydrogen-bond acceptors (Lipinski definition) is 3. The molecule has 2 rings (SSSR count). The van der Waals surface area contributed by atoms with Crippen LogP contribution in [-0.4, -0.2) is 34.3 Å². The Morgan fingerprint density at radius 3 is 3.14 bits per heavy atom. The van der Waals surface area contributed by atoms with E-state index in [1.807, 2.05) is 0 Å². The highest BCUT2D eigenvalue weighted by atomic mass is 32.2. The number of rotatable bonds is 2. The van der Waals surface area contributed by atoms with E-state index >= 15 is 0 Å². The maximum atomic E-state index is 11.0. The van der Waals surface area contributed by atoms with Crippen molar-refractivity contribution in [3.05, 3.63) is 0 Å². The Balaban J connectivity index is 2.02. The number of thioether (sulfide) groups is 1. The first-order valence-electron chi connectivity index (χ1n) is 5.32. The van der Waals surface area contributed by atoms with Gasteiger partial charge in [-0.25, -0.2) is 0 Å². The van der Waals surface area contributed by atoms with Gasteiger partial charge in [0.1, 0.15) is 0 Å². The number of amides is 1. The van der Waals surface area contributed by atoms with Crippen LogP contribution in [0.5, 0.6) is 0 Å². The molecule has 2 aliphatic rings. The fourth-order valence-corrected chi connectivity index (χ4v) is 3.06. The molecule has 0 bridgehead atoms. The molecule has 0 N–H and O–H groups in total. The maximum Gasteiger partial charge on any atom is 0.258 e. The third-order valence-electron chi connectivity index (χ3n) is 2.79. The van der Waals surface area contributed by atoms with Crippen molar-refractivity contribution in [2.75, 3.05) is 12.3 Å². The Hall–Kier alpha value is -0.510. The monoisotopic (exact) mass is 212 g/mol. The third kappa shape index (κ3) is 1.95. The molecule has 0 aliphatic carbocycles. The number of amidine groups is 1. The van der Waals surface area contributed by atoms with E-state index in [-0.39, 0.29) is 5.91 Å². The molecule has 0 aromatic heterocycles. The number of hydrogen-bond donors (Lipinski definition) is 0. The van der Waals surface area contributed by atoms with E-state index in [0.29, 0.717) is 11.8 Å². The van der Waals surface area contributed by atoms with Gasteiger partial charge in [-0.3, -0.25) is 4.79 Å². The lowest BCUT2D eigenvalue weighted by Gasteiger charge is -2.25. The van der Waals surface area contributed by atoms with Gasteiger partial charge in [-0.2, -0.15) is 4.99 Å².